The Morgan fingerprint density at radius 1 is 1.30 bits per heavy atom. The Morgan fingerprint density at radius 2 is 2.09 bits per heavy atom. The molecular formula is C16H29O5S2+. The highest BCUT2D eigenvalue weighted by Crippen LogP contribution is 2.36. The molecule has 0 aliphatic carbocycles. The summed E-state index contributed by atoms with van der Waals surface area (Å²) in [6, 6.07) is 0. The van der Waals surface area contributed by atoms with Crippen molar-refractivity contribution in [2.45, 2.75) is 58.3 Å². The molecule has 0 aromatic carbocycles. The average molecular weight is 366 g/mol. The highest BCUT2D eigenvalue weighted by atomic mass is 32.2. The molecule has 0 radical (unpaired) electrons. The van der Waals surface area contributed by atoms with Gasteiger partial charge in [0.15, 0.2) is 5.25 Å². The Balaban J connectivity index is 2.44. The molecule has 1 atom stereocenters. The third kappa shape index (κ3) is 10.3. The second kappa shape index (κ2) is 11.3. The van der Waals surface area contributed by atoms with E-state index in [0.717, 1.165) is 43.3 Å². The molecule has 0 saturated carbocycles. The lowest BCUT2D eigenvalue weighted by Gasteiger charge is -2.19. The molecule has 1 N–H and O–H groups in total. The summed E-state index contributed by atoms with van der Waals surface area (Å²) < 4.78 is 36.1. The zero-order valence-corrected chi connectivity index (χ0v) is 15.6. The monoisotopic (exact) mass is 365 g/mol. The number of carbonyl (C=O) groups is 1. The van der Waals surface area contributed by atoms with E-state index in [2.05, 4.69) is 6.92 Å². The van der Waals surface area contributed by atoms with Gasteiger partial charge in [-0.25, -0.2) is 0 Å². The van der Waals surface area contributed by atoms with Crippen LogP contribution in [0.4, 0.5) is 0 Å². The summed E-state index contributed by atoms with van der Waals surface area (Å²) in [7, 11) is -3.93. The maximum atomic E-state index is 12.2. The van der Waals surface area contributed by atoms with Crippen LogP contribution in [0.15, 0.2) is 0 Å². The first-order valence-electron chi connectivity index (χ1n) is 8.45. The van der Waals surface area contributed by atoms with Crippen LogP contribution in [0.25, 0.3) is 0 Å². The summed E-state index contributed by atoms with van der Waals surface area (Å²) in [5.74, 6) is 0.944. The van der Waals surface area contributed by atoms with Crippen LogP contribution in [0.2, 0.25) is 0 Å². The maximum absolute atomic E-state index is 12.2. The van der Waals surface area contributed by atoms with Gasteiger partial charge in [0.25, 0.3) is 10.1 Å². The van der Waals surface area contributed by atoms with Crippen LogP contribution in [0.5, 0.6) is 0 Å². The van der Waals surface area contributed by atoms with Gasteiger partial charge in [0.1, 0.15) is 11.7 Å². The van der Waals surface area contributed by atoms with E-state index >= 15 is 0 Å². The van der Waals surface area contributed by atoms with Gasteiger partial charge in [-0.3, -0.25) is 9.35 Å². The third-order valence-corrected chi connectivity index (χ3v) is 5.95. The molecule has 1 rings (SSSR count). The lowest BCUT2D eigenvalue weighted by atomic mass is 9.92. The fourth-order valence-electron chi connectivity index (χ4n) is 2.70. The lowest BCUT2D eigenvalue weighted by Crippen LogP contribution is -2.24. The van der Waals surface area contributed by atoms with E-state index in [1.807, 2.05) is 0 Å². The molecule has 0 bridgehead atoms. The molecule has 1 aliphatic rings. The number of Topliss-reactive ketones (excluding diaryl/α,β-unsaturated/α-hetero) is 1. The minimum atomic E-state index is -3.93. The molecule has 5 nitrogen and oxygen atoms in total. The largest absolute Gasteiger partial charge is 0.338 e. The molecule has 0 spiro atoms. The van der Waals surface area contributed by atoms with Crippen molar-refractivity contribution < 1.29 is 22.5 Å². The van der Waals surface area contributed by atoms with Crippen molar-refractivity contribution in [3.05, 3.63) is 5.25 Å². The standard InChI is InChI=1S/C16H28O5S2/c1-2-3-4-5-8-15(17)12-14(7-6-11-23(18,19)20)16-13-21-9-10-22-16/h14H,2-13H2,1H3/p+1. The average Bonchev–Trinajstić information content (AvgIpc) is 2.50. The summed E-state index contributed by atoms with van der Waals surface area (Å²) in [5, 5.41) is 1.15. The summed E-state index contributed by atoms with van der Waals surface area (Å²) in [5.41, 5.74) is 0. The van der Waals surface area contributed by atoms with Gasteiger partial charge >= 0.3 is 0 Å². The fourth-order valence-corrected chi connectivity index (χ4v) is 4.30. The van der Waals surface area contributed by atoms with E-state index in [1.165, 1.54) is 0 Å². The van der Waals surface area contributed by atoms with Crippen molar-refractivity contribution in [2.24, 2.45) is 5.92 Å². The van der Waals surface area contributed by atoms with E-state index in [9.17, 15) is 13.2 Å². The van der Waals surface area contributed by atoms with Gasteiger partial charge in [-0.1, -0.05) is 26.2 Å². The predicted octanol–water partition coefficient (Wildman–Crippen LogP) is 3.50. The zero-order valence-electron chi connectivity index (χ0n) is 14.0. The van der Waals surface area contributed by atoms with Gasteiger partial charge in [0.2, 0.25) is 6.61 Å². The first kappa shape index (κ1) is 20.8. The molecule has 0 amide bonds. The molecular weight excluding hydrogens is 336 g/mol. The van der Waals surface area contributed by atoms with E-state index in [4.69, 9.17) is 9.29 Å². The highest BCUT2D eigenvalue weighted by Gasteiger charge is 2.37. The number of hydrogen-bond donors (Lipinski definition) is 1. The highest BCUT2D eigenvalue weighted by molar-refractivity contribution is 8.02. The number of unbranched alkanes of at least 4 members (excludes halogenated alkanes) is 3. The maximum Gasteiger partial charge on any atom is 0.264 e. The van der Waals surface area contributed by atoms with Crippen LogP contribution in [-0.2, 0) is 19.6 Å². The Hall–Kier alpha value is -0.240. The first-order valence-corrected chi connectivity index (χ1v) is 11.0. The predicted molar refractivity (Wildman–Crippen MR) is 94.0 cm³/mol. The summed E-state index contributed by atoms with van der Waals surface area (Å²) >= 11 is 1.73. The second-order valence-electron chi connectivity index (χ2n) is 6.05. The number of carbonyl (C=O) groups excluding carboxylic acids is 1. The van der Waals surface area contributed by atoms with Crippen LogP contribution in [-0.4, -0.2) is 43.5 Å². The van der Waals surface area contributed by atoms with E-state index < -0.39 is 10.1 Å². The topological polar surface area (TPSA) is 80.7 Å². The molecule has 1 aliphatic heterocycles. The fraction of sp³-hybridized carbons (Fsp3) is 0.875. The van der Waals surface area contributed by atoms with Crippen molar-refractivity contribution in [3.8, 4) is 0 Å². The number of hydrogen-bond acceptors (Lipinski definition) is 5. The van der Waals surface area contributed by atoms with E-state index in [0.29, 0.717) is 32.3 Å². The summed E-state index contributed by atoms with van der Waals surface area (Å²) in [6.07, 6.45) is 6.37. The van der Waals surface area contributed by atoms with Gasteiger partial charge < -0.3 is 4.74 Å². The Labute approximate surface area is 144 Å². The molecule has 23 heavy (non-hydrogen) atoms. The van der Waals surface area contributed by atoms with Crippen LogP contribution in [0.3, 0.4) is 0 Å². The molecule has 134 valence electrons. The van der Waals surface area contributed by atoms with Crippen molar-refractivity contribution in [3.63, 3.8) is 0 Å². The first-order chi connectivity index (χ1) is 10.9. The van der Waals surface area contributed by atoms with Gasteiger partial charge in [0, 0.05) is 6.42 Å². The van der Waals surface area contributed by atoms with Crippen molar-refractivity contribution >= 4 is 27.7 Å². The molecule has 1 heterocycles. The molecule has 1 saturated heterocycles. The number of thioether (sulfide) groups is 1. The van der Waals surface area contributed by atoms with Crippen LogP contribution in [0.1, 0.15) is 58.3 Å². The third-order valence-electron chi connectivity index (χ3n) is 3.95. The Kier molecular flexibility index (Phi) is 10.3. The van der Waals surface area contributed by atoms with Gasteiger partial charge in [-0.15, -0.1) is 0 Å². The molecule has 7 heteroatoms. The molecule has 0 aromatic rings. The van der Waals surface area contributed by atoms with Crippen molar-refractivity contribution in [1.29, 1.82) is 0 Å². The summed E-state index contributed by atoms with van der Waals surface area (Å²) in [6.45, 7) is 3.41. The Bertz CT molecular complexity index is 430. The normalized spacial score (nSPS) is 17.2. The van der Waals surface area contributed by atoms with E-state index in [1.54, 1.807) is 11.8 Å². The molecule has 1 fully saturated rings. The lowest BCUT2D eigenvalue weighted by molar-refractivity contribution is -0.120. The minimum absolute atomic E-state index is 0.0562. The minimum Gasteiger partial charge on any atom is -0.338 e. The SMILES string of the molecule is CCCCCCC(=O)CC(CCCS(=O)(=O)O)[C+]1COCCS1. The second-order valence-corrected chi connectivity index (χ2v) is 8.84. The molecule has 0 aromatic heterocycles. The quantitative estimate of drug-likeness (QED) is 0.324. The van der Waals surface area contributed by atoms with Crippen molar-refractivity contribution in [2.75, 3.05) is 24.7 Å². The zero-order chi connectivity index (χ0) is 17.1. The van der Waals surface area contributed by atoms with Crippen LogP contribution < -0.4 is 0 Å². The number of rotatable bonds is 12. The van der Waals surface area contributed by atoms with Crippen LogP contribution >= 0.6 is 11.8 Å². The van der Waals surface area contributed by atoms with Gasteiger partial charge in [-0.2, -0.15) is 8.42 Å². The molecule has 1 unspecified atom stereocenters. The number of ether oxygens (including phenoxy) is 1. The van der Waals surface area contributed by atoms with Gasteiger partial charge in [0.05, 0.1) is 36.3 Å². The smallest absolute Gasteiger partial charge is 0.264 e. The van der Waals surface area contributed by atoms with Gasteiger partial charge in [-0.05, 0) is 19.3 Å². The Morgan fingerprint density at radius 3 is 2.70 bits per heavy atom. The van der Waals surface area contributed by atoms with Crippen molar-refractivity contribution in [1.82, 2.24) is 0 Å². The van der Waals surface area contributed by atoms with E-state index in [-0.39, 0.29) is 17.5 Å². The van der Waals surface area contributed by atoms with Crippen LogP contribution in [0, 0.1) is 11.2 Å². The summed E-state index contributed by atoms with van der Waals surface area (Å²) in [4.78, 5) is 12.2. The number of ketones is 1.